The van der Waals surface area contributed by atoms with Crippen LogP contribution in [0.3, 0.4) is 0 Å². The maximum Gasteiger partial charge on any atom is 0.323 e. The van der Waals surface area contributed by atoms with Gasteiger partial charge in [0.05, 0.1) is 0 Å². The molecule has 3 heteroatoms. The van der Waals surface area contributed by atoms with E-state index in [-0.39, 0.29) is 17.4 Å². The first kappa shape index (κ1) is 15.4. The Morgan fingerprint density at radius 3 is 2.12 bits per heavy atom. The second-order valence-corrected chi connectivity index (χ2v) is 6.15. The van der Waals surface area contributed by atoms with Crippen LogP contribution in [0.5, 0.6) is 0 Å². The van der Waals surface area contributed by atoms with Crippen LogP contribution >= 0.6 is 0 Å². The highest BCUT2D eigenvalue weighted by atomic mass is 16.6. The van der Waals surface area contributed by atoms with Crippen molar-refractivity contribution >= 4 is 5.97 Å². The van der Waals surface area contributed by atoms with E-state index in [0.717, 1.165) is 13.0 Å². The van der Waals surface area contributed by atoms with E-state index < -0.39 is 5.60 Å². The van der Waals surface area contributed by atoms with Crippen molar-refractivity contribution in [3.8, 4) is 0 Å². The van der Waals surface area contributed by atoms with Gasteiger partial charge in [-0.15, -0.1) is 0 Å². The summed E-state index contributed by atoms with van der Waals surface area (Å²) in [6, 6.07) is -0.245. The molecule has 0 saturated carbocycles. The van der Waals surface area contributed by atoms with Crippen molar-refractivity contribution in [3.63, 3.8) is 0 Å². The molecule has 0 aromatic heterocycles. The summed E-state index contributed by atoms with van der Waals surface area (Å²) in [5, 5.41) is 3.22. The van der Waals surface area contributed by atoms with E-state index in [2.05, 4.69) is 26.1 Å². The van der Waals surface area contributed by atoms with Crippen molar-refractivity contribution < 1.29 is 9.53 Å². The van der Waals surface area contributed by atoms with Gasteiger partial charge in [0.2, 0.25) is 0 Å². The number of carbonyl (C=O) groups is 1. The Morgan fingerprint density at radius 2 is 1.75 bits per heavy atom. The van der Waals surface area contributed by atoms with E-state index in [9.17, 15) is 4.79 Å². The number of hydrogen-bond acceptors (Lipinski definition) is 3. The Hall–Kier alpha value is -0.570. The SMILES string of the molecule is CCC(C)(C)CNC(C)C(=O)OC(C)(C)C. The van der Waals surface area contributed by atoms with Crippen LogP contribution in [-0.2, 0) is 9.53 Å². The predicted octanol–water partition coefficient (Wildman–Crippen LogP) is 2.74. The fourth-order valence-corrected chi connectivity index (χ4v) is 1.03. The van der Waals surface area contributed by atoms with Gasteiger partial charge in [-0.2, -0.15) is 0 Å². The molecule has 1 atom stereocenters. The van der Waals surface area contributed by atoms with Crippen LogP contribution in [0.1, 0.15) is 54.9 Å². The Morgan fingerprint density at radius 1 is 1.25 bits per heavy atom. The average Bonchev–Trinajstić information content (AvgIpc) is 2.11. The molecule has 0 aromatic carbocycles. The molecule has 0 aliphatic carbocycles. The molecule has 3 nitrogen and oxygen atoms in total. The topological polar surface area (TPSA) is 38.3 Å². The quantitative estimate of drug-likeness (QED) is 0.737. The molecule has 0 aliphatic rings. The largest absolute Gasteiger partial charge is 0.459 e. The molecule has 1 unspecified atom stereocenters. The predicted molar refractivity (Wildman–Crippen MR) is 67.4 cm³/mol. The molecule has 0 aliphatic heterocycles. The third-order valence-corrected chi connectivity index (χ3v) is 2.60. The summed E-state index contributed by atoms with van der Waals surface area (Å²) in [7, 11) is 0. The third kappa shape index (κ3) is 6.83. The standard InChI is InChI=1S/C13H27NO2/c1-8-13(6,7)9-14-10(2)11(15)16-12(3,4)5/h10,14H,8-9H2,1-7H3. The molecule has 0 bridgehead atoms. The summed E-state index contributed by atoms with van der Waals surface area (Å²) in [5.41, 5.74) is -0.191. The highest BCUT2D eigenvalue weighted by Crippen LogP contribution is 2.18. The molecule has 0 heterocycles. The fourth-order valence-electron chi connectivity index (χ4n) is 1.03. The molecule has 0 spiro atoms. The highest BCUT2D eigenvalue weighted by molar-refractivity contribution is 5.75. The van der Waals surface area contributed by atoms with Gasteiger partial charge in [0.15, 0.2) is 0 Å². The Labute approximate surface area is 99.9 Å². The minimum Gasteiger partial charge on any atom is -0.459 e. The second kappa shape index (κ2) is 5.67. The van der Waals surface area contributed by atoms with Crippen LogP contribution < -0.4 is 5.32 Å². The number of carbonyl (C=O) groups excluding carboxylic acids is 1. The zero-order valence-electron chi connectivity index (χ0n) is 11.8. The number of nitrogens with one attached hydrogen (secondary N) is 1. The first-order valence-corrected chi connectivity index (χ1v) is 6.03. The molecule has 0 fully saturated rings. The molecule has 1 N–H and O–H groups in total. The summed E-state index contributed by atoms with van der Waals surface area (Å²) < 4.78 is 5.30. The minimum absolute atomic E-state index is 0.181. The lowest BCUT2D eigenvalue weighted by atomic mass is 9.90. The summed E-state index contributed by atoms with van der Waals surface area (Å²) >= 11 is 0. The summed E-state index contributed by atoms with van der Waals surface area (Å²) in [5.74, 6) is -0.181. The van der Waals surface area contributed by atoms with Crippen LogP contribution in [0.15, 0.2) is 0 Å². The van der Waals surface area contributed by atoms with E-state index in [1.807, 2.05) is 27.7 Å². The monoisotopic (exact) mass is 229 g/mol. The minimum atomic E-state index is -0.409. The van der Waals surface area contributed by atoms with Gasteiger partial charge in [-0.1, -0.05) is 20.8 Å². The first-order valence-electron chi connectivity index (χ1n) is 6.03. The Bertz CT molecular complexity index is 229. The van der Waals surface area contributed by atoms with E-state index in [1.165, 1.54) is 0 Å². The van der Waals surface area contributed by atoms with E-state index in [1.54, 1.807) is 0 Å². The van der Waals surface area contributed by atoms with Crippen molar-refractivity contribution in [3.05, 3.63) is 0 Å². The first-order chi connectivity index (χ1) is 7.07. The molecule has 0 rings (SSSR count). The second-order valence-electron chi connectivity index (χ2n) is 6.15. The van der Waals surface area contributed by atoms with Gasteiger partial charge in [-0.3, -0.25) is 4.79 Å². The van der Waals surface area contributed by atoms with E-state index in [4.69, 9.17) is 4.74 Å². The fraction of sp³-hybridized carbons (Fsp3) is 0.923. The van der Waals surface area contributed by atoms with Gasteiger partial charge in [-0.05, 0) is 39.5 Å². The van der Waals surface area contributed by atoms with Gasteiger partial charge in [-0.25, -0.2) is 0 Å². The zero-order valence-corrected chi connectivity index (χ0v) is 11.8. The Kier molecular flexibility index (Phi) is 5.47. The molecule has 0 aromatic rings. The van der Waals surface area contributed by atoms with Crippen LogP contribution in [0.2, 0.25) is 0 Å². The van der Waals surface area contributed by atoms with Gasteiger partial charge < -0.3 is 10.1 Å². The molecule has 0 saturated heterocycles. The van der Waals surface area contributed by atoms with Crippen molar-refractivity contribution in [2.45, 2.75) is 66.5 Å². The van der Waals surface area contributed by atoms with Gasteiger partial charge in [0.1, 0.15) is 11.6 Å². The number of esters is 1. The third-order valence-electron chi connectivity index (χ3n) is 2.60. The number of hydrogen-bond donors (Lipinski definition) is 1. The number of ether oxygens (including phenoxy) is 1. The smallest absolute Gasteiger partial charge is 0.323 e. The van der Waals surface area contributed by atoms with Crippen LogP contribution in [0.4, 0.5) is 0 Å². The van der Waals surface area contributed by atoms with Crippen molar-refractivity contribution in [2.75, 3.05) is 6.54 Å². The van der Waals surface area contributed by atoms with Crippen molar-refractivity contribution in [2.24, 2.45) is 5.41 Å². The van der Waals surface area contributed by atoms with Gasteiger partial charge in [0, 0.05) is 6.54 Å². The molecule has 0 radical (unpaired) electrons. The molecular formula is C13H27NO2. The summed E-state index contributed by atoms with van der Waals surface area (Å²) in [6.07, 6.45) is 1.08. The van der Waals surface area contributed by atoms with Crippen molar-refractivity contribution in [1.29, 1.82) is 0 Å². The van der Waals surface area contributed by atoms with Crippen molar-refractivity contribution in [1.82, 2.24) is 5.32 Å². The maximum absolute atomic E-state index is 11.7. The highest BCUT2D eigenvalue weighted by Gasteiger charge is 2.23. The lowest BCUT2D eigenvalue weighted by Crippen LogP contribution is -2.42. The van der Waals surface area contributed by atoms with Crippen LogP contribution in [0.25, 0.3) is 0 Å². The molecule has 16 heavy (non-hydrogen) atoms. The number of rotatable bonds is 5. The van der Waals surface area contributed by atoms with E-state index >= 15 is 0 Å². The molecule has 0 amide bonds. The summed E-state index contributed by atoms with van der Waals surface area (Å²) in [6.45, 7) is 14.8. The summed E-state index contributed by atoms with van der Waals surface area (Å²) in [4.78, 5) is 11.7. The van der Waals surface area contributed by atoms with Crippen LogP contribution in [-0.4, -0.2) is 24.2 Å². The van der Waals surface area contributed by atoms with Gasteiger partial charge >= 0.3 is 5.97 Å². The normalized spacial score (nSPS) is 14.7. The average molecular weight is 229 g/mol. The lowest BCUT2D eigenvalue weighted by molar-refractivity contribution is -0.157. The van der Waals surface area contributed by atoms with Crippen LogP contribution in [0, 0.1) is 5.41 Å². The maximum atomic E-state index is 11.7. The van der Waals surface area contributed by atoms with E-state index in [0.29, 0.717) is 0 Å². The zero-order chi connectivity index (χ0) is 13.0. The van der Waals surface area contributed by atoms with Gasteiger partial charge in [0.25, 0.3) is 0 Å². The Balaban J connectivity index is 4.08. The molecule has 96 valence electrons. The lowest BCUT2D eigenvalue weighted by Gasteiger charge is -2.27. The molecular weight excluding hydrogens is 202 g/mol.